The highest BCUT2D eigenvalue weighted by atomic mass is 16.5. The summed E-state index contributed by atoms with van der Waals surface area (Å²) in [5.74, 6) is 0. The number of nitriles is 1. The van der Waals surface area contributed by atoms with Gasteiger partial charge in [0.1, 0.15) is 0 Å². The van der Waals surface area contributed by atoms with Gasteiger partial charge in [-0.3, -0.25) is 4.90 Å². The quantitative estimate of drug-likeness (QED) is 0.515. The molecule has 1 aliphatic rings. The van der Waals surface area contributed by atoms with Crippen molar-refractivity contribution in [2.24, 2.45) is 0 Å². The molecule has 0 aromatic heterocycles. The minimum Gasteiger partial charge on any atom is -0.380 e. The zero-order valence-electron chi connectivity index (χ0n) is 6.21. The van der Waals surface area contributed by atoms with E-state index in [4.69, 9.17) is 10.00 Å². The molecule has 0 amide bonds. The molecule has 3 heteroatoms. The normalized spacial score (nSPS) is 25.1. The molecule has 10 heavy (non-hydrogen) atoms. The highest BCUT2D eigenvalue weighted by Gasteiger charge is 2.19. The van der Waals surface area contributed by atoms with Gasteiger partial charge in [0, 0.05) is 12.6 Å². The summed E-state index contributed by atoms with van der Waals surface area (Å²) in [5, 5.41) is 8.36. The minimum atomic E-state index is 0.472. The molecule has 0 aromatic rings. The Morgan fingerprint density at radius 2 is 2.60 bits per heavy atom. The van der Waals surface area contributed by atoms with E-state index in [1.807, 2.05) is 11.9 Å². The maximum absolute atomic E-state index is 8.36. The fourth-order valence-electron chi connectivity index (χ4n) is 1.11. The van der Waals surface area contributed by atoms with Crippen molar-refractivity contribution < 1.29 is 4.74 Å². The van der Waals surface area contributed by atoms with Gasteiger partial charge >= 0.3 is 0 Å². The SMILES string of the molecule is CN(CC#N)C1CCOC1. The van der Waals surface area contributed by atoms with E-state index in [-0.39, 0.29) is 0 Å². The van der Waals surface area contributed by atoms with Crippen LogP contribution in [0.25, 0.3) is 0 Å². The molecule has 3 nitrogen and oxygen atoms in total. The lowest BCUT2D eigenvalue weighted by Gasteiger charge is -2.18. The van der Waals surface area contributed by atoms with Crippen molar-refractivity contribution in [1.82, 2.24) is 4.90 Å². The Hall–Kier alpha value is -0.590. The summed E-state index contributed by atoms with van der Waals surface area (Å²) in [4.78, 5) is 2.03. The highest BCUT2D eigenvalue weighted by Crippen LogP contribution is 2.09. The summed E-state index contributed by atoms with van der Waals surface area (Å²) >= 11 is 0. The molecule has 0 radical (unpaired) electrons. The lowest BCUT2D eigenvalue weighted by molar-refractivity contribution is 0.165. The van der Waals surface area contributed by atoms with Crippen molar-refractivity contribution >= 4 is 0 Å². The summed E-state index contributed by atoms with van der Waals surface area (Å²) in [6.45, 7) is 2.15. The monoisotopic (exact) mass is 140 g/mol. The third-order valence-electron chi connectivity index (χ3n) is 1.85. The Morgan fingerprint density at radius 3 is 3.10 bits per heavy atom. The summed E-state index contributed by atoms with van der Waals surface area (Å²) in [6, 6.07) is 2.59. The lowest BCUT2D eigenvalue weighted by Crippen LogP contribution is -2.32. The van der Waals surface area contributed by atoms with Gasteiger partial charge in [0.05, 0.1) is 19.2 Å². The summed E-state index contributed by atoms with van der Waals surface area (Å²) in [6.07, 6.45) is 1.07. The van der Waals surface area contributed by atoms with Gasteiger partial charge in [0.25, 0.3) is 0 Å². The van der Waals surface area contributed by atoms with Crippen LogP contribution in [0.5, 0.6) is 0 Å². The summed E-state index contributed by atoms with van der Waals surface area (Å²) in [5.41, 5.74) is 0. The number of likely N-dealkylation sites (N-methyl/N-ethyl adjacent to an activating group) is 1. The van der Waals surface area contributed by atoms with Crippen LogP contribution >= 0.6 is 0 Å². The van der Waals surface area contributed by atoms with Gasteiger partial charge in [-0.15, -0.1) is 0 Å². The van der Waals surface area contributed by atoms with Crippen LogP contribution in [-0.2, 0) is 4.74 Å². The van der Waals surface area contributed by atoms with Crippen LogP contribution in [0.15, 0.2) is 0 Å². The van der Waals surface area contributed by atoms with Crippen molar-refractivity contribution in [3.05, 3.63) is 0 Å². The molecular weight excluding hydrogens is 128 g/mol. The van der Waals surface area contributed by atoms with Gasteiger partial charge in [-0.25, -0.2) is 0 Å². The first kappa shape index (κ1) is 7.52. The van der Waals surface area contributed by atoms with Crippen molar-refractivity contribution in [3.8, 4) is 6.07 Å². The predicted octanol–water partition coefficient (Wildman–Crippen LogP) is 0.231. The lowest BCUT2D eigenvalue weighted by atomic mass is 10.2. The topological polar surface area (TPSA) is 36.3 Å². The Labute approximate surface area is 61.2 Å². The van der Waals surface area contributed by atoms with Crippen molar-refractivity contribution in [3.63, 3.8) is 0 Å². The molecule has 1 fully saturated rings. The van der Waals surface area contributed by atoms with Gasteiger partial charge in [-0.05, 0) is 13.5 Å². The van der Waals surface area contributed by atoms with Crippen molar-refractivity contribution in [2.75, 3.05) is 26.8 Å². The van der Waals surface area contributed by atoms with E-state index < -0.39 is 0 Å². The second kappa shape index (κ2) is 3.55. The van der Waals surface area contributed by atoms with Crippen LogP contribution < -0.4 is 0 Å². The second-order valence-electron chi connectivity index (χ2n) is 2.59. The third kappa shape index (κ3) is 1.69. The molecule has 0 aliphatic carbocycles. The molecule has 0 aromatic carbocycles. The van der Waals surface area contributed by atoms with Crippen LogP contribution in [0.2, 0.25) is 0 Å². The molecule has 1 rings (SSSR count). The average Bonchev–Trinajstić information content (AvgIpc) is 2.38. The highest BCUT2D eigenvalue weighted by molar-refractivity contribution is 4.81. The van der Waals surface area contributed by atoms with Crippen molar-refractivity contribution in [1.29, 1.82) is 5.26 Å². The van der Waals surface area contributed by atoms with Crippen LogP contribution in [0, 0.1) is 11.3 Å². The van der Waals surface area contributed by atoms with Crippen LogP contribution in [0.4, 0.5) is 0 Å². The van der Waals surface area contributed by atoms with E-state index in [2.05, 4.69) is 6.07 Å². The zero-order chi connectivity index (χ0) is 7.40. The number of nitrogens with zero attached hydrogens (tertiary/aromatic N) is 2. The largest absolute Gasteiger partial charge is 0.380 e. The standard InChI is InChI=1S/C7H12N2O/c1-9(4-3-8)7-2-5-10-6-7/h7H,2,4-6H2,1H3. The average molecular weight is 140 g/mol. The first-order chi connectivity index (χ1) is 4.84. The smallest absolute Gasteiger partial charge is 0.0866 e. The summed E-state index contributed by atoms with van der Waals surface area (Å²) in [7, 11) is 1.96. The number of hydrogen-bond acceptors (Lipinski definition) is 3. The molecule has 56 valence electrons. The molecule has 0 spiro atoms. The van der Waals surface area contributed by atoms with E-state index >= 15 is 0 Å². The van der Waals surface area contributed by atoms with E-state index in [0.29, 0.717) is 12.6 Å². The zero-order valence-corrected chi connectivity index (χ0v) is 6.21. The third-order valence-corrected chi connectivity index (χ3v) is 1.85. The van der Waals surface area contributed by atoms with Gasteiger partial charge < -0.3 is 4.74 Å². The Balaban J connectivity index is 2.26. The van der Waals surface area contributed by atoms with Gasteiger partial charge in [-0.1, -0.05) is 0 Å². The fourth-order valence-corrected chi connectivity index (χ4v) is 1.11. The van der Waals surface area contributed by atoms with Gasteiger partial charge in [-0.2, -0.15) is 5.26 Å². The van der Waals surface area contributed by atoms with E-state index in [0.717, 1.165) is 19.6 Å². The maximum atomic E-state index is 8.36. The molecule has 0 bridgehead atoms. The number of hydrogen-bond donors (Lipinski definition) is 0. The van der Waals surface area contributed by atoms with Gasteiger partial charge in [0.15, 0.2) is 0 Å². The Bertz CT molecular complexity index is 135. The van der Waals surface area contributed by atoms with Crippen LogP contribution in [-0.4, -0.2) is 37.7 Å². The molecule has 1 aliphatic heterocycles. The van der Waals surface area contributed by atoms with E-state index in [9.17, 15) is 0 Å². The molecule has 1 atom stereocenters. The first-order valence-corrected chi connectivity index (χ1v) is 3.49. The number of ether oxygens (including phenoxy) is 1. The molecular formula is C7H12N2O. The maximum Gasteiger partial charge on any atom is 0.0866 e. The van der Waals surface area contributed by atoms with Gasteiger partial charge in [0.2, 0.25) is 0 Å². The second-order valence-corrected chi connectivity index (χ2v) is 2.59. The first-order valence-electron chi connectivity index (χ1n) is 3.49. The van der Waals surface area contributed by atoms with Crippen LogP contribution in [0.1, 0.15) is 6.42 Å². The van der Waals surface area contributed by atoms with E-state index in [1.54, 1.807) is 0 Å². The van der Waals surface area contributed by atoms with Crippen LogP contribution in [0.3, 0.4) is 0 Å². The summed E-state index contributed by atoms with van der Waals surface area (Å²) < 4.78 is 5.17. The van der Waals surface area contributed by atoms with E-state index in [1.165, 1.54) is 0 Å². The fraction of sp³-hybridized carbons (Fsp3) is 0.857. The van der Waals surface area contributed by atoms with Crippen molar-refractivity contribution in [2.45, 2.75) is 12.5 Å². The molecule has 0 saturated carbocycles. The molecule has 1 saturated heterocycles. The predicted molar refractivity (Wildman–Crippen MR) is 37.5 cm³/mol. The molecule has 1 heterocycles. The Kier molecular flexibility index (Phi) is 2.67. The Morgan fingerprint density at radius 1 is 1.80 bits per heavy atom. The minimum absolute atomic E-state index is 0.472. The molecule has 0 N–H and O–H groups in total. The molecule has 1 unspecified atom stereocenters. The number of rotatable bonds is 2.